The molecule has 17 heavy (non-hydrogen) atoms. The Balaban J connectivity index is 1.98. The molecule has 0 spiro atoms. The summed E-state index contributed by atoms with van der Waals surface area (Å²) in [4.78, 5) is 14.2. The number of piperidine rings is 1. The first kappa shape index (κ1) is 12.6. The lowest BCUT2D eigenvalue weighted by Crippen LogP contribution is -2.45. The van der Waals surface area contributed by atoms with E-state index in [0.29, 0.717) is 6.04 Å². The van der Waals surface area contributed by atoms with Crippen LogP contribution in [0, 0.1) is 6.92 Å². The number of carbonyl (C=O) groups excluding carboxylic acids is 1. The largest absolute Gasteiger partial charge is 0.347 e. The van der Waals surface area contributed by atoms with E-state index in [0.717, 1.165) is 37.2 Å². The molecule has 2 heterocycles. The van der Waals surface area contributed by atoms with Crippen molar-refractivity contribution in [3.8, 4) is 0 Å². The van der Waals surface area contributed by atoms with Crippen LogP contribution in [-0.4, -0.2) is 25.0 Å². The van der Waals surface area contributed by atoms with E-state index < -0.39 is 0 Å². The molecule has 0 radical (unpaired) electrons. The summed E-state index contributed by atoms with van der Waals surface area (Å²) in [5.41, 5.74) is 1.29. The molecule has 2 N–H and O–H groups in total. The molecule has 94 valence electrons. The average Bonchev–Trinajstić information content (AvgIpc) is 2.72. The molecule has 2 rings (SSSR count). The van der Waals surface area contributed by atoms with Gasteiger partial charge in [0.2, 0.25) is 0 Å². The molecule has 0 bridgehead atoms. The van der Waals surface area contributed by atoms with Crippen LogP contribution in [-0.2, 0) is 6.42 Å². The molecule has 1 aliphatic rings. The number of thiophene rings is 1. The molecule has 0 saturated carbocycles. The molecular formula is C13H20N2OS. The minimum absolute atomic E-state index is 0.0894. The van der Waals surface area contributed by atoms with E-state index in [1.165, 1.54) is 10.4 Å². The first-order valence-corrected chi connectivity index (χ1v) is 7.13. The predicted octanol–water partition coefficient (Wildman–Crippen LogP) is 2.10. The maximum Gasteiger partial charge on any atom is 0.261 e. The van der Waals surface area contributed by atoms with Crippen LogP contribution in [0.5, 0.6) is 0 Å². The summed E-state index contributed by atoms with van der Waals surface area (Å²) in [7, 11) is 0. The lowest BCUT2D eigenvalue weighted by Gasteiger charge is -2.23. The third kappa shape index (κ3) is 3.07. The first-order chi connectivity index (χ1) is 8.20. The van der Waals surface area contributed by atoms with Crippen LogP contribution >= 0.6 is 11.3 Å². The molecule has 0 aliphatic carbocycles. The summed E-state index contributed by atoms with van der Waals surface area (Å²) >= 11 is 1.60. The molecule has 1 aromatic rings. The van der Waals surface area contributed by atoms with Gasteiger partial charge in [-0.2, -0.15) is 0 Å². The SMILES string of the molecule is CCc1cc(C(=O)N[C@H]2CCCNC2)sc1C. The van der Waals surface area contributed by atoms with E-state index in [1.54, 1.807) is 11.3 Å². The lowest BCUT2D eigenvalue weighted by molar-refractivity contribution is 0.0935. The molecule has 1 saturated heterocycles. The van der Waals surface area contributed by atoms with Crippen molar-refractivity contribution in [2.45, 2.75) is 39.2 Å². The zero-order valence-corrected chi connectivity index (χ0v) is 11.3. The molecular weight excluding hydrogens is 232 g/mol. The molecule has 0 unspecified atom stereocenters. The molecule has 4 heteroatoms. The molecule has 1 aliphatic heterocycles. The Hall–Kier alpha value is -0.870. The molecule has 1 fully saturated rings. The zero-order valence-electron chi connectivity index (χ0n) is 10.5. The maximum atomic E-state index is 12.1. The highest BCUT2D eigenvalue weighted by atomic mass is 32.1. The standard InChI is InChI=1S/C13H20N2OS/c1-3-10-7-12(17-9(10)2)13(16)15-11-5-4-6-14-8-11/h7,11,14H,3-6,8H2,1-2H3,(H,15,16)/t11-/m0/s1. The van der Waals surface area contributed by atoms with E-state index in [1.807, 2.05) is 6.07 Å². The number of aryl methyl sites for hydroxylation is 2. The second-order valence-electron chi connectivity index (χ2n) is 4.56. The van der Waals surface area contributed by atoms with Crippen molar-refractivity contribution in [2.24, 2.45) is 0 Å². The maximum absolute atomic E-state index is 12.1. The number of rotatable bonds is 3. The highest BCUT2D eigenvalue weighted by Gasteiger charge is 2.18. The van der Waals surface area contributed by atoms with Crippen molar-refractivity contribution in [3.05, 3.63) is 21.4 Å². The number of hydrogen-bond acceptors (Lipinski definition) is 3. The summed E-state index contributed by atoms with van der Waals surface area (Å²) in [5, 5.41) is 6.42. The van der Waals surface area contributed by atoms with E-state index in [-0.39, 0.29) is 5.91 Å². The quantitative estimate of drug-likeness (QED) is 0.865. The lowest BCUT2D eigenvalue weighted by atomic mass is 10.1. The van der Waals surface area contributed by atoms with Crippen LogP contribution in [0.3, 0.4) is 0 Å². The van der Waals surface area contributed by atoms with Gasteiger partial charge in [0, 0.05) is 17.5 Å². The van der Waals surface area contributed by atoms with E-state index in [2.05, 4.69) is 24.5 Å². The average molecular weight is 252 g/mol. The summed E-state index contributed by atoms with van der Waals surface area (Å²) in [6.45, 7) is 6.19. The van der Waals surface area contributed by atoms with Crippen molar-refractivity contribution in [3.63, 3.8) is 0 Å². The van der Waals surface area contributed by atoms with Crippen LogP contribution < -0.4 is 10.6 Å². The Morgan fingerprint density at radius 3 is 3.06 bits per heavy atom. The van der Waals surface area contributed by atoms with Crippen molar-refractivity contribution in [1.29, 1.82) is 0 Å². The number of nitrogens with one attached hydrogen (secondary N) is 2. The topological polar surface area (TPSA) is 41.1 Å². The van der Waals surface area contributed by atoms with Crippen LogP contribution in [0.1, 0.15) is 39.9 Å². The third-order valence-electron chi connectivity index (χ3n) is 3.26. The number of hydrogen-bond donors (Lipinski definition) is 2. The third-order valence-corrected chi connectivity index (χ3v) is 4.35. The molecule has 1 amide bonds. The van der Waals surface area contributed by atoms with E-state index >= 15 is 0 Å². The monoisotopic (exact) mass is 252 g/mol. The Kier molecular flexibility index (Phi) is 4.18. The Morgan fingerprint density at radius 2 is 2.47 bits per heavy atom. The second kappa shape index (κ2) is 5.65. The number of amides is 1. The summed E-state index contributed by atoms with van der Waals surface area (Å²) in [6, 6.07) is 2.33. The van der Waals surface area contributed by atoms with Gasteiger partial charge in [-0.3, -0.25) is 4.79 Å². The van der Waals surface area contributed by atoms with Gasteiger partial charge in [-0.15, -0.1) is 11.3 Å². The van der Waals surface area contributed by atoms with Gasteiger partial charge < -0.3 is 10.6 Å². The fraction of sp³-hybridized carbons (Fsp3) is 0.615. The van der Waals surface area contributed by atoms with Gasteiger partial charge in [0.1, 0.15) is 0 Å². The second-order valence-corrected chi connectivity index (χ2v) is 5.82. The van der Waals surface area contributed by atoms with Crippen LogP contribution in [0.4, 0.5) is 0 Å². The van der Waals surface area contributed by atoms with Gasteiger partial charge >= 0.3 is 0 Å². The van der Waals surface area contributed by atoms with Crippen LogP contribution in [0.25, 0.3) is 0 Å². The first-order valence-electron chi connectivity index (χ1n) is 6.31. The molecule has 1 atom stereocenters. The number of carbonyl (C=O) groups is 1. The van der Waals surface area contributed by atoms with Crippen LogP contribution in [0.15, 0.2) is 6.07 Å². The van der Waals surface area contributed by atoms with Crippen molar-refractivity contribution >= 4 is 17.2 Å². The predicted molar refractivity (Wildman–Crippen MR) is 71.8 cm³/mol. The summed E-state index contributed by atoms with van der Waals surface area (Å²) < 4.78 is 0. The van der Waals surface area contributed by atoms with E-state index in [9.17, 15) is 4.79 Å². The normalized spacial score (nSPS) is 20.2. The van der Waals surface area contributed by atoms with Gasteiger partial charge in [0.25, 0.3) is 5.91 Å². The Morgan fingerprint density at radius 1 is 1.65 bits per heavy atom. The van der Waals surface area contributed by atoms with Gasteiger partial charge in [-0.25, -0.2) is 0 Å². The van der Waals surface area contributed by atoms with Crippen molar-refractivity contribution in [1.82, 2.24) is 10.6 Å². The van der Waals surface area contributed by atoms with Crippen molar-refractivity contribution in [2.75, 3.05) is 13.1 Å². The highest BCUT2D eigenvalue weighted by Crippen LogP contribution is 2.22. The smallest absolute Gasteiger partial charge is 0.261 e. The fourth-order valence-corrected chi connectivity index (χ4v) is 3.23. The van der Waals surface area contributed by atoms with E-state index in [4.69, 9.17) is 0 Å². The minimum atomic E-state index is 0.0894. The van der Waals surface area contributed by atoms with Crippen LogP contribution in [0.2, 0.25) is 0 Å². The molecule has 3 nitrogen and oxygen atoms in total. The summed E-state index contributed by atoms with van der Waals surface area (Å²) in [5.74, 6) is 0.0894. The molecule has 1 aromatic heterocycles. The van der Waals surface area contributed by atoms with Gasteiger partial charge in [0.05, 0.1) is 4.88 Å². The fourth-order valence-electron chi connectivity index (χ4n) is 2.21. The zero-order chi connectivity index (χ0) is 12.3. The van der Waals surface area contributed by atoms with Gasteiger partial charge in [-0.1, -0.05) is 6.92 Å². The van der Waals surface area contributed by atoms with Gasteiger partial charge in [0.15, 0.2) is 0 Å². The Labute approximate surface area is 107 Å². The summed E-state index contributed by atoms with van der Waals surface area (Å²) in [6.07, 6.45) is 3.24. The van der Waals surface area contributed by atoms with Gasteiger partial charge in [-0.05, 0) is 44.4 Å². The Bertz CT molecular complexity index is 394. The minimum Gasteiger partial charge on any atom is -0.347 e. The highest BCUT2D eigenvalue weighted by molar-refractivity contribution is 7.14. The van der Waals surface area contributed by atoms with Crippen molar-refractivity contribution < 1.29 is 4.79 Å². The molecule has 0 aromatic carbocycles.